The molecule has 0 radical (unpaired) electrons. The largest absolute Gasteiger partial charge is 1.00 e. The molecule has 1 aromatic rings. The van der Waals surface area contributed by atoms with E-state index in [2.05, 4.69) is 43.8 Å². The van der Waals surface area contributed by atoms with Crippen LogP contribution in [0.25, 0.3) is 0 Å². The Bertz CT molecular complexity index is 289. The minimum absolute atomic E-state index is 0. The van der Waals surface area contributed by atoms with Crippen LogP contribution in [0.4, 0.5) is 0 Å². The summed E-state index contributed by atoms with van der Waals surface area (Å²) < 4.78 is 2.27. The first-order chi connectivity index (χ1) is 6.74. The van der Waals surface area contributed by atoms with Crippen molar-refractivity contribution in [2.75, 3.05) is 5.75 Å². The van der Waals surface area contributed by atoms with Crippen molar-refractivity contribution in [2.24, 2.45) is 0 Å². The number of unbranched alkanes of at least 4 members (excludes halogenated alkanes) is 1. The van der Waals surface area contributed by atoms with Crippen LogP contribution in [0.15, 0.2) is 18.5 Å². The summed E-state index contributed by atoms with van der Waals surface area (Å²) in [4.78, 5) is 0. The van der Waals surface area contributed by atoms with E-state index in [4.69, 9.17) is 0 Å². The van der Waals surface area contributed by atoms with E-state index in [0.717, 1.165) is 5.88 Å². The average Bonchev–Trinajstić information content (AvgIpc) is 2.18. The van der Waals surface area contributed by atoms with Crippen LogP contribution in [-0.4, -0.2) is 5.75 Å². The maximum atomic E-state index is 2.27. The maximum absolute atomic E-state index is 2.27. The summed E-state index contributed by atoms with van der Waals surface area (Å²) in [5.41, 5.74) is 2.75. The van der Waals surface area contributed by atoms with Gasteiger partial charge in [-0.3, -0.25) is 0 Å². The number of hydrogen-bond acceptors (Lipinski definition) is 1. The summed E-state index contributed by atoms with van der Waals surface area (Å²) in [5, 5.41) is 0. The molecule has 0 saturated carbocycles. The lowest BCUT2D eigenvalue weighted by molar-refractivity contribution is -0.676. The van der Waals surface area contributed by atoms with E-state index in [0.29, 0.717) is 0 Å². The highest BCUT2D eigenvalue weighted by molar-refractivity contribution is 7.98. The molecular formula is C12H20ClNS. The second kappa shape index (κ2) is 8.00. The van der Waals surface area contributed by atoms with E-state index in [1.54, 1.807) is 0 Å². The van der Waals surface area contributed by atoms with E-state index in [9.17, 15) is 0 Å². The zero-order chi connectivity index (χ0) is 10.4. The van der Waals surface area contributed by atoms with E-state index in [-0.39, 0.29) is 12.4 Å². The van der Waals surface area contributed by atoms with Gasteiger partial charge in [-0.1, -0.05) is 25.1 Å². The number of aryl methyl sites for hydroxylation is 2. The highest BCUT2D eigenvalue weighted by atomic mass is 35.5. The van der Waals surface area contributed by atoms with E-state index >= 15 is 0 Å². The van der Waals surface area contributed by atoms with Crippen molar-refractivity contribution in [1.29, 1.82) is 0 Å². The summed E-state index contributed by atoms with van der Waals surface area (Å²) in [6.07, 6.45) is 7.02. The maximum Gasteiger partial charge on any atom is 0.194 e. The first-order valence-electron chi connectivity index (χ1n) is 5.28. The Balaban J connectivity index is 0.00000196. The molecule has 15 heavy (non-hydrogen) atoms. The lowest BCUT2D eigenvalue weighted by Crippen LogP contribution is -3.00. The molecule has 3 heteroatoms. The van der Waals surface area contributed by atoms with Crippen LogP contribution >= 0.6 is 11.8 Å². The Hall–Kier alpha value is -0.210. The number of rotatable bonds is 5. The van der Waals surface area contributed by atoms with Crippen molar-refractivity contribution in [1.82, 2.24) is 0 Å². The van der Waals surface area contributed by atoms with Gasteiger partial charge in [-0.05, 0) is 31.6 Å². The minimum Gasteiger partial charge on any atom is -1.00 e. The van der Waals surface area contributed by atoms with E-state index in [1.807, 2.05) is 11.8 Å². The quantitative estimate of drug-likeness (QED) is 0.525. The van der Waals surface area contributed by atoms with Gasteiger partial charge in [0.1, 0.15) is 0 Å². The van der Waals surface area contributed by atoms with Crippen LogP contribution in [0.3, 0.4) is 0 Å². The van der Waals surface area contributed by atoms with Crippen LogP contribution in [0.2, 0.25) is 0 Å². The molecule has 0 N–H and O–H groups in total. The average molecular weight is 246 g/mol. The summed E-state index contributed by atoms with van der Waals surface area (Å²) in [5.74, 6) is 2.36. The first-order valence-corrected chi connectivity index (χ1v) is 6.43. The number of halogens is 1. The zero-order valence-electron chi connectivity index (χ0n) is 9.79. The highest BCUT2D eigenvalue weighted by Crippen LogP contribution is 2.05. The Kier molecular flexibility index (Phi) is 7.89. The lowest BCUT2D eigenvalue weighted by Gasteiger charge is -2.00. The zero-order valence-corrected chi connectivity index (χ0v) is 11.4. The highest BCUT2D eigenvalue weighted by Gasteiger charge is 2.02. The van der Waals surface area contributed by atoms with Crippen LogP contribution in [0.5, 0.6) is 0 Å². The molecule has 0 aliphatic carbocycles. The smallest absolute Gasteiger partial charge is 0.194 e. The second-order valence-corrected chi connectivity index (χ2v) is 4.79. The lowest BCUT2D eigenvalue weighted by atomic mass is 10.2. The Morgan fingerprint density at radius 1 is 1.27 bits per heavy atom. The van der Waals surface area contributed by atoms with Crippen LogP contribution < -0.4 is 17.0 Å². The second-order valence-electron chi connectivity index (χ2n) is 3.72. The SMILES string of the molecule is CCCCSC[n+]1ccc(C)c(C)c1.[Cl-]. The Morgan fingerprint density at radius 3 is 2.60 bits per heavy atom. The van der Waals surface area contributed by atoms with Crippen LogP contribution in [0, 0.1) is 13.8 Å². The predicted molar refractivity (Wildman–Crippen MR) is 63.5 cm³/mol. The molecule has 0 aromatic carbocycles. The third kappa shape index (κ3) is 5.43. The molecule has 0 atom stereocenters. The molecule has 1 heterocycles. The molecule has 0 unspecified atom stereocenters. The molecule has 86 valence electrons. The molecule has 0 aliphatic rings. The van der Waals surface area contributed by atoms with Gasteiger partial charge >= 0.3 is 0 Å². The summed E-state index contributed by atoms with van der Waals surface area (Å²) in [6, 6.07) is 2.19. The van der Waals surface area contributed by atoms with Gasteiger partial charge in [-0.25, -0.2) is 0 Å². The summed E-state index contributed by atoms with van der Waals surface area (Å²) >= 11 is 2.01. The summed E-state index contributed by atoms with van der Waals surface area (Å²) in [6.45, 7) is 6.57. The molecule has 0 fully saturated rings. The van der Waals surface area contributed by atoms with Gasteiger partial charge in [0.15, 0.2) is 18.3 Å². The fraction of sp³-hybridized carbons (Fsp3) is 0.583. The van der Waals surface area contributed by atoms with Gasteiger partial charge in [-0.2, -0.15) is 4.57 Å². The van der Waals surface area contributed by atoms with Gasteiger partial charge in [0.25, 0.3) is 0 Å². The molecular weight excluding hydrogens is 226 g/mol. The number of aromatic nitrogens is 1. The van der Waals surface area contributed by atoms with E-state index in [1.165, 1.54) is 29.7 Å². The Labute approximate surface area is 104 Å². The van der Waals surface area contributed by atoms with Gasteiger partial charge < -0.3 is 12.4 Å². The van der Waals surface area contributed by atoms with Crippen LogP contribution in [-0.2, 0) is 5.88 Å². The summed E-state index contributed by atoms with van der Waals surface area (Å²) in [7, 11) is 0. The molecule has 0 saturated heterocycles. The molecule has 1 rings (SSSR count). The molecule has 0 amide bonds. The predicted octanol–water partition coefficient (Wildman–Crippen LogP) is 0.0857. The fourth-order valence-corrected chi connectivity index (χ4v) is 2.22. The molecule has 1 nitrogen and oxygen atoms in total. The Morgan fingerprint density at radius 2 is 2.00 bits per heavy atom. The number of nitrogens with zero attached hydrogens (tertiary/aromatic N) is 1. The third-order valence-electron chi connectivity index (χ3n) is 2.38. The van der Waals surface area contributed by atoms with Crippen molar-refractivity contribution >= 4 is 11.8 Å². The number of hydrogen-bond donors (Lipinski definition) is 0. The van der Waals surface area contributed by atoms with Crippen molar-refractivity contribution < 1.29 is 17.0 Å². The van der Waals surface area contributed by atoms with Crippen molar-refractivity contribution in [3.63, 3.8) is 0 Å². The normalized spacial score (nSPS) is 9.80. The first kappa shape index (κ1) is 14.8. The minimum atomic E-state index is 0. The topological polar surface area (TPSA) is 3.88 Å². The van der Waals surface area contributed by atoms with Gasteiger partial charge in [0.2, 0.25) is 0 Å². The number of pyridine rings is 1. The van der Waals surface area contributed by atoms with Crippen LogP contribution in [0.1, 0.15) is 30.9 Å². The number of thioether (sulfide) groups is 1. The monoisotopic (exact) mass is 245 g/mol. The van der Waals surface area contributed by atoms with Crippen molar-refractivity contribution in [2.45, 2.75) is 39.5 Å². The third-order valence-corrected chi connectivity index (χ3v) is 3.44. The van der Waals surface area contributed by atoms with E-state index < -0.39 is 0 Å². The standard InChI is InChI=1S/C12H20NS.ClH/c1-4-5-8-14-10-13-7-6-11(2)12(3)9-13;/h6-7,9H,4-5,8,10H2,1-3H3;1H/q+1;/p-1. The molecule has 0 aliphatic heterocycles. The van der Waals surface area contributed by atoms with Gasteiger partial charge in [0, 0.05) is 11.6 Å². The molecule has 0 spiro atoms. The van der Waals surface area contributed by atoms with Gasteiger partial charge in [0.05, 0.1) is 0 Å². The van der Waals surface area contributed by atoms with Crippen molar-refractivity contribution in [3.05, 3.63) is 29.6 Å². The van der Waals surface area contributed by atoms with Crippen molar-refractivity contribution in [3.8, 4) is 0 Å². The molecule has 0 bridgehead atoms. The fourth-order valence-electron chi connectivity index (χ4n) is 1.23. The molecule has 1 aromatic heterocycles. The van der Waals surface area contributed by atoms with Gasteiger partial charge in [-0.15, -0.1) is 0 Å².